The monoisotopic (exact) mass is 275 g/mol. The minimum Gasteiger partial charge on any atom is -0.358 e. The quantitative estimate of drug-likeness (QED) is 0.853. The largest absolute Gasteiger partial charge is 0.358 e. The number of likely N-dealkylation sites (N-methyl/N-ethyl adjacent to an activating group) is 1. The van der Waals surface area contributed by atoms with Gasteiger partial charge in [-0.15, -0.1) is 0 Å². The van der Waals surface area contributed by atoms with Gasteiger partial charge in [0.1, 0.15) is 0 Å². The number of benzene rings is 1. The Morgan fingerprint density at radius 1 is 1.40 bits per heavy atom. The number of likely N-dealkylation sites (tertiary alicyclic amines) is 1. The zero-order valence-electron chi connectivity index (χ0n) is 12.4. The van der Waals surface area contributed by atoms with Crippen LogP contribution in [0.15, 0.2) is 30.3 Å². The Morgan fingerprint density at radius 2 is 2.15 bits per heavy atom. The molecule has 4 heteroatoms. The molecule has 1 heterocycles. The van der Waals surface area contributed by atoms with Crippen molar-refractivity contribution in [2.24, 2.45) is 0 Å². The fourth-order valence-corrected chi connectivity index (χ4v) is 2.82. The van der Waals surface area contributed by atoms with Crippen molar-refractivity contribution in [3.8, 4) is 0 Å². The van der Waals surface area contributed by atoms with Crippen LogP contribution in [0.2, 0.25) is 0 Å². The highest BCUT2D eigenvalue weighted by molar-refractivity contribution is 5.80. The maximum absolute atomic E-state index is 11.6. The summed E-state index contributed by atoms with van der Waals surface area (Å²) in [4.78, 5) is 14.0. The summed E-state index contributed by atoms with van der Waals surface area (Å²) in [6.07, 6.45) is 2.33. The maximum atomic E-state index is 11.6. The Balaban J connectivity index is 1.84. The zero-order valence-corrected chi connectivity index (χ0v) is 12.4. The van der Waals surface area contributed by atoms with Crippen molar-refractivity contribution in [2.45, 2.75) is 38.4 Å². The summed E-state index contributed by atoms with van der Waals surface area (Å²) in [6.45, 7) is 5.07. The van der Waals surface area contributed by atoms with Gasteiger partial charge in [-0.1, -0.05) is 30.3 Å². The van der Waals surface area contributed by atoms with Crippen molar-refractivity contribution in [2.75, 3.05) is 20.1 Å². The number of nitrogens with zero attached hydrogens (tertiary/aromatic N) is 1. The van der Waals surface area contributed by atoms with Gasteiger partial charge in [0.15, 0.2) is 0 Å². The van der Waals surface area contributed by atoms with E-state index in [2.05, 4.69) is 45.9 Å². The van der Waals surface area contributed by atoms with E-state index in [9.17, 15) is 4.79 Å². The molecule has 0 bridgehead atoms. The smallest absolute Gasteiger partial charge is 0.236 e. The molecular weight excluding hydrogens is 250 g/mol. The zero-order chi connectivity index (χ0) is 14.4. The highest BCUT2D eigenvalue weighted by Gasteiger charge is 2.22. The molecule has 2 unspecified atom stereocenters. The number of hydrogen-bond donors (Lipinski definition) is 2. The summed E-state index contributed by atoms with van der Waals surface area (Å²) in [7, 11) is 1.68. The van der Waals surface area contributed by atoms with Crippen molar-refractivity contribution in [1.29, 1.82) is 0 Å². The molecule has 1 aromatic rings. The summed E-state index contributed by atoms with van der Waals surface area (Å²) in [5.41, 5.74) is 1.35. The standard InChI is InChI=1S/C16H25N3O/c1-13(16(20)17-2)18-15-9-6-10-19(12-15)11-14-7-4-3-5-8-14/h3-5,7-8,13,15,18H,6,9-12H2,1-2H3,(H,17,20). The Morgan fingerprint density at radius 3 is 2.85 bits per heavy atom. The minimum absolute atomic E-state index is 0.0604. The average molecular weight is 275 g/mol. The maximum Gasteiger partial charge on any atom is 0.236 e. The molecule has 1 saturated heterocycles. The fraction of sp³-hybridized carbons (Fsp3) is 0.562. The van der Waals surface area contributed by atoms with Gasteiger partial charge in [-0.2, -0.15) is 0 Å². The van der Waals surface area contributed by atoms with Gasteiger partial charge in [0.25, 0.3) is 0 Å². The molecule has 1 aromatic carbocycles. The second-order valence-electron chi connectivity index (χ2n) is 5.56. The molecule has 1 aliphatic heterocycles. The molecule has 1 amide bonds. The van der Waals surface area contributed by atoms with Gasteiger partial charge in [-0.05, 0) is 31.9 Å². The lowest BCUT2D eigenvalue weighted by atomic mass is 10.0. The lowest BCUT2D eigenvalue weighted by Gasteiger charge is -2.34. The van der Waals surface area contributed by atoms with Crippen LogP contribution < -0.4 is 10.6 Å². The Hall–Kier alpha value is -1.39. The molecule has 2 rings (SSSR count). The second-order valence-corrected chi connectivity index (χ2v) is 5.56. The third-order valence-electron chi connectivity index (χ3n) is 3.88. The van der Waals surface area contributed by atoms with E-state index in [-0.39, 0.29) is 11.9 Å². The van der Waals surface area contributed by atoms with E-state index < -0.39 is 0 Å². The number of carbonyl (C=O) groups excluding carboxylic acids is 1. The predicted octanol–water partition coefficient (Wildman–Crippen LogP) is 1.38. The topological polar surface area (TPSA) is 44.4 Å². The van der Waals surface area contributed by atoms with E-state index in [1.807, 2.05) is 6.92 Å². The highest BCUT2D eigenvalue weighted by atomic mass is 16.2. The number of carbonyl (C=O) groups is 1. The molecule has 2 N–H and O–H groups in total. The van der Waals surface area contributed by atoms with Crippen LogP contribution in [0.4, 0.5) is 0 Å². The first-order valence-corrected chi connectivity index (χ1v) is 7.43. The normalized spacial score (nSPS) is 21.4. The van der Waals surface area contributed by atoms with E-state index in [1.165, 1.54) is 12.0 Å². The van der Waals surface area contributed by atoms with Crippen LogP contribution in [0.1, 0.15) is 25.3 Å². The molecule has 20 heavy (non-hydrogen) atoms. The molecular formula is C16H25N3O. The number of rotatable bonds is 5. The van der Waals surface area contributed by atoms with Crippen molar-refractivity contribution in [1.82, 2.24) is 15.5 Å². The molecule has 0 saturated carbocycles. The van der Waals surface area contributed by atoms with E-state index >= 15 is 0 Å². The van der Waals surface area contributed by atoms with Crippen LogP contribution in [0.5, 0.6) is 0 Å². The second kappa shape index (κ2) is 7.41. The van der Waals surface area contributed by atoms with Gasteiger partial charge in [0.05, 0.1) is 6.04 Å². The predicted molar refractivity (Wildman–Crippen MR) is 81.4 cm³/mol. The van der Waals surface area contributed by atoms with Crippen molar-refractivity contribution >= 4 is 5.91 Å². The van der Waals surface area contributed by atoms with Crippen LogP contribution >= 0.6 is 0 Å². The van der Waals surface area contributed by atoms with E-state index in [4.69, 9.17) is 0 Å². The summed E-state index contributed by atoms with van der Waals surface area (Å²) in [5.74, 6) is 0.0604. The first kappa shape index (κ1) is 15.0. The first-order chi connectivity index (χ1) is 9.69. The molecule has 1 fully saturated rings. The number of piperidine rings is 1. The van der Waals surface area contributed by atoms with Gasteiger partial charge in [-0.25, -0.2) is 0 Å². The van der Waals surface area contributed by atoms with Gasteiger partial charge >= 0.3 is 0 Å². The summed E-state index contributed by atoms with van der Waals surface area (Å²) in [5, 5.41) is 6.12. The lowest BCUT2D eigenvalue weighted by Crippen LogP contribution is -2.51. The van der Waals surface area contributed by atoms with Crippen LogP contribution in [0.25, 0.3) is 0 Å². The number of hydrogen-bond acceptors (Lipinski definition) is 3. The molecule has 4 nitrogen and oxygen atoms in total. The first-order valence-electron chi connectivity index (χ1n) is 7.43. The third kappa shape index (κ3) is 4.32. The highest BCUT2D eigenvalue weighted by Crippen LogP contribution is 2.14. The van der Waals surface area contributed by atoms with E-state index in [1.54, 1.807) is 7.05 Å². The summed E-state index contributed by atoms with van der Waals surface area (Å²) < 4.78 is 0. The van der Waals surface area contributed by atoms with E-state index in [0.717, 1.165) is 26.1 Å². The molecule has 2 atom stereocenters. The van der Waals surface area contributed by atoms with Gasteiger partial charge < -0.3 is 10.6 Å². The van der Waals surface area contributed by atoms with Crippen molar-refractivity contribution in [3.63, 3.8) is 0 Å². The molecule has 110 valence electrons. The Bertz CT molecular complexity index is 421. The molecule has 0 spiro atoms. The van der Waals surface area contributed by atoms with Crippen LogP contribution in [-0.4, -0.2) is 43.0 Å². The Labute approximate surface area is 121 Å². The van der Waals surface area contributed by atoms with Gasteiger partial charge in [-0.3, -0.25) is 9.69 Å². The van der Waals surface area contributed by atoms with Crippen molar-refractivity contribution < 1.29 is 4.79 Å². The van der Waals surface area contributed by atoms with Crippen LogP contribution in [0, 0.1) is 0 Å². The molecule has 0 radical (unpaired) electrons. The lowest BCUT2D eigenvalue weighted by molar-refractivity contribution is -0.122. The van der Waals surface area contributed by atoms with Crippen LogP contribution in [0.3, 0.4) is 0 Å². The SMILES string of the molecule is CNC(=O)C(C)NC1CCCN(Cc2ccccc2)C1. The number of nitrogens with one attached hydrogen (secondary N) is 2. The molecule has 0 aliphatic carbocycles. The van der Waals surface area contributed by atoms with Crippen LogP contribution in [-0.2, 0) is 11.3 Å². The third-order valence-corrected chi connectivity index (χ3v) is 3.88. The number of amides is 1. The molecule has 1 aliphatic rings. The summed E-state index contributed by atoms with van der Waals surface area (Å²) >= 11 is 0. The Kier molecular flexibility index (Phi) is 5.56. The summed E-state index contributed by atoms with van der Waals surface area (Å²) in [6, 6.07) is 10.8. The minimum atomic E-state index is -0.123. The van der Waals surface area contributed by atoms with E-state index in [0.29, 0.717) is 6.04 Å². The van der Waals surface area contributed by atoms with Crippen molar-refractivity contribution in [3.05, 3.63) is 35.9 Å². The van der Waals surface area contributed by atoms with Gasteiger partial charge in [0.2, 0.25) is 5.91 Å². The van der Waals surface area contributed by atoms with Gasteiger partial charge in [0, 0.05) is 26.2 Å². The molecule has 0 aromatic heterocycles. The average Bonchev–Trinajstić information content (AvgIpc) is 2.47. The fourth-order valence-electron chi connectivity index (χ4n) is 2.82.